The highest BCUT2D eigenvalue weighted by Gasteiger charge is 2.40. The molecule has 29 heavy (non-hydrogen) atoms. The Labute approximate surface area is 178 Å². The molecule has 0 bridgehead atoms. The largest absolute Gasteiger partial charge is 0.338 e. The normalized spacial score (nSPS) is 23.6. The van der Waals surface area contributed by atoms with Gasteiger partial charge in [-0.15, -0.1) is 12.4 Å². The standard InChI is InChI=1S/C22H29N3O3.ClH/c1-14(23)16-6-5-11-24(13-16)20(26)15-9-10-18-19(12-15)22(28)25(21(18)27)17-7-3-2-4-8-17;/h9-10,12,14,16-17H,2-8,11,13,23H2,1H3;1H. The summed E-state index contributed by atoms with van der Waals surface area (Å²) in [4.78, 5) is 42.0. The van der Waals surface area contributed by atoms with Crippen LogP contribution >= 0.6 is 12.4 Å². The van der Waals surface area contributed by atoms with Gasteiger partial charge in [0.15, 0.2) is 0 Å². The average molecular weight is 420 g/mol. The first-order chi connectivity index (χ1) is 13.5. The van der Waals surface area contributed by atoms with E-state index in [1.165, 1.54) is 4.90 Å². The first-order valence-corrected chi connectivity index (χ1v) is 10.5. The highest BCUT2D eigenvalue weighted by Crippen LogP contribution is 2.32. The zero-order valence-electron chi connectivity index (χ0n) is 16.9. The van der Waals surface area contributed by atoms with Gasteiger partial charge in [0, 0.05) is 30.7 Å². The van der Waals surface area contributed by atoms with Crippen LogP contribution in [0.4, 0.5) is 0 Å². The van der Waals surface area contributed by atoms with Gasteiger partial charge in [-0.3, -0.25) is 19.3 Å². The summed E-state index contributed by atoms with van der Waals surface area (Å²) < 4.78 is 0. The Morgan fingerprint density at radius 1 is 1.03 bits per heavy atom. The summed E-state index contributed by atoms with van der Waals surface area (Å²) >= 11 is 0. The van der Waals surface area contributed by atoms with Crippen LogP contribution in [0.2, 0.25) is 0 Å². The van der Waals surface area contributed by atoms with Gasteiger partial charge in [0.1, 0.15) is 0 Å². The summed E-state index contributed by atoms with van der Waals surface area (Å²) in [5.74, 6) is -0.226. The second-order valence-corrected chi connectivity index (χ2v) is 8.55. The number of nitrogens with two attached hydrogens (primary N) is 1. The van der Waals surface area contributed by atoms with Crippen molar-refractivity contribution in [1.82, 2.24) is 9.80 Å². The molecule has 1 aromatic carbocycles. The number of hydrogen-bond acceptors (Lipinski definition) is 4. The van der Waals surface area contributed by atoms with Crippen LogP contribution in [0.25, 0.3) is 0 Å². The van der Waals surface area contributed by atoms with E-state index in [1.54, 1.807) is 18.2 Å². The molecule has 2 heterocycles. The number of carbonyl (C=O) groups excluding carboxylic acids is 3. The number of likely N-dealkylation sites (tertiary alicyclic amines) is 1. The topological polar surface area (TPSA) is 83.7 Å². The van der Waals surface area contributed by atoms with E-state index in [1.807, 2.05) is 11.8 Å². The molecule has 2 N–H and O–H groups in total. The first-order valence-electron chi connectivity index (χ1n) is 10.5. The molecule has 1 aromatic rings. The van der Waals surface area contributed by atoms with Crippen molar-refractivity contribution >= 4 is 30.1 Å². The predicted molar refractivity (Wildman–Crippen MR) is 113 cm³/mol. The third kappa shape index (κ3) is 4.05. The molecule has 3 amide bonds. The molecule has 1 aliphatic carbocycles. The quantitative estimate of drug-likeness (QED) is 0.762. The van der Waals surface area contributed by atoms with Gasteiger partial charge in [0.25, 0.3) is 17.7 Å². The number of benzene rings is 1. The van der Waals surface area contributed by atoms with Gasteiger partial charge in [0.05, 0.1) is 11.1 Å². The van der Waals surface area contributed by atoms with E-state index in [9.17, 15) is 14.4 Å². The van der Waals surface area contributed by atoms with Gasteiger partial charge < -0.3 is 10.6 Å². The fourth-order valence-corrected chi connectivity index (χ4v) is 4.87. The van der Waals surface area contributed by atoms with Crippen molar-refractivity contribution in [2.45, 2.75) is 64.0 Å². The molecule has 0 spiro atoms. The van der Waals surface area contributed by atoms with Crippen molar-refractivity contribution < 1.29 is 14.4 Å². The maximum absolute atomic E-state index is 13.0. The van der Waals surface area contributed by atoms with Crippen LogP contribution in [0, 0.1) is 5.92 Å². The SMILES string of the molecule is CC(N)C1CCCN(C(=O)c2ccc3c(c2)C(=O)N(C2CCCCC2)C3=O)C1.Cl. The van der Waals surface area contributed by atoms with Crippen molar-refractivity contribution in [3.63, 3.8) is 0 Å². The monoisotopic (exact) mass is 419 g/mol. The van der Waals surface area contributed by atoms with Gasteiger partial charge in [-0.1, -0.05) is 19.3 Å². The van der Waals surface area contributed by atoms with Gasteiger partial charge in [0.2, 0.25) is 0 Å². The molecule has 1 saturated carbocycles. The van der Waals surface area contributed by atoms with Gasteiger partial charge >= 0.3 is 0 Å². The van der Waals surface area contributed by atoms with E-state index in [0.717, 1.165) is 44.9 Å². The van der Waals surface area contributed by atoms with Crippen LogP contribution in [0.5, 0.6) is 0 Å². The molecule has 158 valence electrons. The summed E-state index contributed by atoms with van der Waals surface area (Å²) in [7, 11) is 0. The lowest BCUT2D eigenvalue weighted by Gasteiger charge is -2.34. The Balaban J connectivity index is 0.00000240. The number of halogens is 1. The van der Waals surface area contributed by atoms with Crippen LogP contribution in [0.3, 0.4) is 0 Å². The molecule has 6 nitrogen and oxygen atoms in total. The molecule has 2 atom stereocenters. The Bertz CT molecular complexity index is 804. The van der Waals surface area contributed by atoms with E-state index in [4.69, 9.17) is 5.73 Å². The van der Waals surface area contributed by atoms with Crippen LogP contribution < -0.4 is 5.73 Å². The van der Waals surface area contributed by atoms with Gasteiger partial charge in [-0.05, 0) is 56.7 Å². The van der Waals surface area contributed by atoms with E-state index in [-0.39, 0.29) is 42.2 Å². The zero-order valence-corrected chi connectivity index (χ0v) is 17.7. The molecule has 2 aliphatic heterocycles. The summed E-state index contributed by atoms with van der Waals surface area (Å²) in [6.45, 7) is 3.34. The van der Waals surface area contributed by atoms with Crippen molar-refractivity contribution in [3.05, 3.63) is 34.9 Å². The lowest BCUT2D eigenvalue weighted by atomic mass is 9.91. The summed E-state index contributed by atoms with van der Waals surface area (Å²) in [5, 5.41) is 0. The Kier molecular flexibility index (Phi) is 6.64. The van der Waals surface area contributed by atoms with E-state index < -0.39 is 0 Å². The van der Waals surface area contributed by atoms with Crippen LogP contribution in [0.1, 0.15) is 82.9 Å². The lowest BCUT2D eigenvalue weighted by Crippen LogP contribution is -2.45. The molecular formula is C22H30ClN3O3. The minimum atomic E-state index is -0.242. The Hall–Kier alpha value is -1.92. The Morgan fingerprint density at radius 2 is 1.72 bits per heavy atom. The minimum absolute atomic E-state index is 0. The summed E-state index contributed by atoms with van der Waals surface area (Å²) in [5.41, 5.74) is 7.32. The number of carbonyl (C=O) groups is 3. The molecule has 0 aromatic heterocycles. The fraction of sp³-hybridized carbons (Fsp3) is 0.591. The van der Waals surface area contributed by atoms with E-state index in [0.29, 0.717) is 35.7 Å². The number of amides is 3. The molecule has 1 saturated heterocycles. The predicted octanol–water partition coefficient (Wildman–Crippen LogP) is 3.24. The van der Waals surface area contributed by atoms with Crippen LogP contribution in [-0.2, 0) is 0 Å². The second kappa shape index (κ2) is 8.84. The Morgan fingerprint density at radius 3 is 2.41 bits per heavy atom. The van der Waals surface area contributed by atoms with E-state index in [2.05, 4.69) is 0 Å². The molecule has 2 fully saturated rings. The highest BCUT2D eigenvalue weighted by molar-refractivity contribution is 6.22. The van der Waals surface area contributed by atoms with E-state index >= 15 is 0 Å². The third-order valence-electron chi connectivity index (χ3n) is 6.59. The number of piperidine rings is 1. The zero-order chi connectivity index (χ0) is 19.8. The van der Waals surface area contributed by atoms with Crippen molar-refractivity contribution in [3.8, 4) is 0 Å². The second-order valence-electron chi connectivity index (χ2n) is 8.55. The molecular weight excluding hydrogens is 390 g/mol. The summed E-state index contributed by atoms with van der Waals surface area (Å²) in [6, 6.07) is 5.01. The number of fused-ring (bicyclic) bond motifs is 1. The van der Waals surface area contributed by atoms with Crippen LogP contribution in [0.15, 0.2) is 18.2 Å². The number of nitrogens with zero attached hydrogens (tertiary/aromatic N) is 2. The highest BCUT2D eigenvalue weighted by atomic mass is 35.5. The lowest BCUT2D eigenvalue weighted by molar-refractivity contribution is 0.0548. The van der Waals surface area contributed by atoms with Crippen molar-refractivity contribution in [2.24, 2.45) is 11.7 Å². The molecule has 4 rings (SSSR count). The maximum atomic E-state index is 13.0. The molecule has 3 aliphatic rings. The first kappa shape index (κ1) is 21.8. The van der Waals surface area contributed by atoms with Gasteiger partial charge in [-0.2, -0.15) is 0 Å². The number of imide groups is 1. The number of rotatable bonds is 3. The summed E-state index contributed by atoms with van der Waals surface area (Å²) in [6.07, 6.45) is 7.00. The number of hydrogen-bond donors (Lipinski definition) is 1. The fourth-order valence-electron chi connectivity index (χ4n) is 4.87. The third-order valence-corrected chi connectivity index (χ3v) is 6.59. The minimum Gasteiger partial charge on any atom is -0.338 e. The smallest absolute Gasteiger partial charge is 0.261 e. The van der Waals surface area contributed by atoms with Crippen molar-refractivity contribution in [2.75, 3.05) is 13.1 Å². The molecule has 0 radical (unpaired) electrons. The van der Waals surface area contributed by atoms with Gasteiger partial charge in [-0.25, -0.2) is 0 Å². The maximum Gasteiger partial charge on any atom is 0.261 e. The molecule has 7 heteroatoms. The molecule has 2 unspecified atom stereocenters. The van der Waals surface area contributed by atoms with Crippen LogP contribution in [-0.4, -0.2) is 52.7 Å². The van der Waals surface area contributed by atoms with Crippen molar-refractivity contribution in [1.29, 1.82) is 0 Å². The average Bonchev–Trinajstić information content (AvgIpc) is 2.98.